The minimum atomic E-state index is -0.432. The van der Waals surface area contributed by atoms with Gasteiger partial charge in [-0.1, -0.05) is 42.5 Å². The lowest BCUT2D eigenvalue weighted by Crippen LogP contribution is -2.25. The van der Waals surface area contributed by atoms with E-state index in [1.165, 1.54) is 0 Å². The van der Waals surface area contributed by atoms with E-state index in [9.17, 15) is 4.79 Å². The van der Waals surface area contributed by atoms with E-state index in [0.717, 1.165) is 39.2 Å². The Morgan fingerprint density at radius 3 is 2.26 bits per heavy atom. The molecule has 0 saturated carbocycles. The molecule has 27 heavy (non-hydrogen) atoms. The fourth-order valence-corrected chi connectivity index (χ4v) is 3.61. The SMILES string of the molecule is O=C(Nc1cccc2ncccc12)C1c2ccccc2Oc2ccccc21. The van der Waals surface area contributed by atoms with E-state index in [4.69, 9.17) is 4.74 Å². The van der Waals surface area contributed by atoms with E-state index in [2.05, 4.69) is 10.3 Å². The summed E-state index contributed by atoms with van der Waals surface area (Å²) in [5.41, 5.74) is 3.34. The molecule has 1 amide bonds. The van der Waals surface area contributed by atoms with Crippen LogP contribution >= 0.6 is 0 Å². The van der Waals surface area contributed by atoms with Crippen LogP contribution in [0, 0.1) is 0 Å². The molecule has 1 aliphatic rings. The lowest BCUT2D eigenvalue weighted by atomic mass is 9.87. The van der Waals surface area contributed by atoms with E-state index in [0.29, 0.717) is 0 Å². The van der Waals surface area contributed by atoms with Crippen LogP contribution in [0.3, 0.4) is 0 Å². The molecule has 0 fully saturated rings. The van der Waals surface area contributed by atoms with Crippen molar-refractivity contribution in [2.45, 2.75) is 5.92 Å². The summed E-state index contributed by atoms with van der Waals surface area (Å²) >= 11 is 0. The summed E-state index contributed by atoms with van der Waals surface area (Å²) in [5.74, 6) is 0.916. The topological polar surface area (TPSA) is 51.2 Å². The second kappa shape index (κ2) is 6.25. The highest BCUT2D eigenvalue weighted by atomic mass is 16.5. The van der Waals surface area contributed by atoms with Crippen LogP contribution in [0.4, 0.5) is 5.69 Å². The molecular weight excluding hydrogens is 336 g/mol. The van der Waals surface area contributed by atoms with Crippen molar-refractivity contribution in [1.82, 2.24) is 4.98 Å². The van der Waals surface area contributed by atoms with Gasteiger partial charge in [-0.25, -0.2) is 0 Å². The lowest BCUT2D eigenvalue weighted by Gasteiger charge is -2.27. The molecule has 0 bridgehead atoms. The average Bonchev–Trinajstić information content (AvgIpc) is 2.72. The van der Waals surface area contributed by atoms with E-state index in [1.54, 1.807) is 6.20 Å². The highest BCUT2D eigenvalue weighted by molar-refractivity contribution is 6.05. The number of hydrogen-bond acceptors (Lipinski definition) is 3. The number of carbonyl (C=O) groups excluding carboxylic acids is 1. The summed E-state index contributed by atoms with van der Waals surface area (Å²) < 4.78 is 5.99. The summed E-state index contributed by atoms with van der Waals surface area (Å²) in [6.45, 7) is 0. The maximum Gasteiger partial charge on any atom is 0.236 e. The summed E-state index contributed by atoms with van der Waals surface area (Å²) in [7, 11) is 0. The zero-order valence-corrected chi connectivity index (χ0v) is 14.4. The fraction of sp³-hybridized carbons (Fsp3) is 0.0435. The third-order valence-corrected chi connectivity index (χ3v) is 4.85. The Hall–Kier alpha value is -3.66. The van der Waals surface area contributed by atoms with Gasteiger partial charge < -0.3 is 10.1 Å². The van der Waals surface area contributed by atoms with Crippen molar-refractivity contribution in [1.29, 1.82) is 0 Å². The van der Waals surface area contributed by atoms with Gasteiger partial charge in [-0.2, -0.15) is 0 Å². The van der Waals surface area contributed by atoms with Crippen molar-refractivity contribution in [2.24, 2.45) is 0 Å². The molecule has 4 nitrogen and oxygen atoms in total. The molecule has 0 atom stereocenters. The maximum absolute atomic E-state index is 13.3. The number of rotatable bonds is 2. The molecule has 3 aromatic carbocycles. The van der Waals surface area contributed by atoms with Crippen LogP contribution in [0.1, 0.15) is 17.0 Å². The molecule has 1 aromatic heterocycles. The zero-order chi connectivity index (χ0) is 18.2. The Kier molecular flexibility index (Phi) is 3.61. The monoisotopic (exact) mass is 352 g/mol. The molecule has 4 heteroatoms. The van der Waals surface area contributed by atoms with Gasteiger partial charge in [0.1, 0.15) is 11.5 Å². The lowest BCUT2D eigenvalue weighted by molar-refractivity contribution is -0.116. The number of aromatic nitrogens is 1. The molecular formula is C23H16N2O2. The number of fused-ring (bicyclic) bond motifs is 3. The predicted octanol–water partition coefficient (Wildman–Crippen LogP) is 5.11. The van der Waals surface area contributed by atoms with Crippen molar-refractivity contribution >= 4 is 22.5 Å². The summed E-state index contributed by atoms with van der Waals surface area (Å²) in [4.78, 5) is 17.7. The highest BCUT2D eigenvalue weighted by Gasteiger charge is 2.32. The van der Waals surface area contributed by atoms with Crippen LogP contribution in [0.15, 0.2) is 85.1 Å². The molecule has 0 saturated heterocycles. The first-order chi connectivity index (χ1) is 13.3. The Balaban J connectivity index is 1.59. The van der Waals surface area contributed by atoms with Gasteiger partial charge in [0.15, 0.2) is 0 Å². The molecule has 2 heterocycles. The highest BCUT2D eigenvalue weighted by Crippen LogP contribution is 2.44. The van der Waals surface area contributed by atoms with Gasteiger partial charge in [0.25, 0.3) is 0 Å². The number of anilines is 1. The number of amides is 1. The van der Waals surface area contributed by atoms with Crippen LogP contribution in [-0.4, -0.2) is 10.9 Å². The Morgan fingerprint density at radius 1 is 0.815 bits per heavy atom. The number of pyridine rings is 1. The van der Waals surface area contributed by atoms with Crippen LogP contribution in [0.25, 0.3) is 10.9 Å². The van der Waals surface area contributed by atoms with Crippen molar-refractivity contribution < 1.29 is 9.53 Å². The average molecular weight is 352 g/mol. The Bertz CT molecular complexity index is 1120. The number of benzene rings is 3. The van der Waals surface area contributed by atoms with Gasteiger partial charge in [0.2, 0.25) is 5.91 Å². The number of nitrogens with one attached hydrogen (secondary N) is 1. The Morgan fingerprint density at radius 2 is 1.52 bits per heavy atom. The van der Waals surface area contributed by atoms with E-state index < -0.39 is 5.92 Å². The summed E-state index contributed by atoms with van der Waals surface area (Å²) in [6, 6.07) is 24.9. The van der Waals surface area contributed by atoms with Crippen molar-refractivity contribution in [3.8, 4) is 11.5 Å². The first-order valence-electron chi connectivity index (χ1n) is 8.81. The van der Waals surface area contributed by atoms with Gasteiger partial charge in [0, 0.05) is 22.7 Å². The van der Waals surface area contributed by atoms with Gasteiger partial charge in [-0.15, -0.1) is 0 Å². The van der Waals surface area contributed by atoms with Gasteiger partial charge >= 0.3 is 0 Å². The molecule has 0 aliphatic carbocycles. The number of carbonyl (C=O) groups is 1. The minimum absolute atomic E-state index is 0.0884. The van der Waals surface area contributed by atoms with E-state index in [1.807, 2.05) is 78.9 Å². The second-order valence-corrected chi connectivity index (χ2v) is 6.48. The van der Waals surface area contributed by atoms with Gasteiger partial charge in [-0.3, -0.25) is 9.78 Å². The summed E-state index contributed by atoms with van der Waals surface area (Å²) in [5, 5.41) is 4.02. The molecule has 5 rings (SSSR count). The maximum atomic E-state index is 13.3. The normalized spacial score (nSPS) is 12.7. The van der Waals surface area contributed by atoms with Crippen molar-refractivity contribution in [2.75, 3.05) is 5.32 Å². The van der Waals surface area contributed by atoms with Crippen LogP contribution in [0.2, 0.25) is 0 Å². The first-order valence-corrected chi connectivity index (χ1v) is 8.81. The third-order valence-electron chi connectivity index (χ3n) is 4.85. The molecule has 130 valence electrons. The second-order valence-electron chi connectivity index (χ2n) is 6.48. The smallest absolute Gasteiger partial charge is 0.236 e. The third kappa shape index (κ3) is 2.62. The first kappa shape index (κ1) is 15.6. The van der Waals surface area contributed by atoms with E-state index in [-0.39, 0.29) is 5.91 Å². The van der Waals surface area contributed by atoms with Crippen LogP contribution in [-0.2, 0) is 4.79 Å². The predicted molar refractivity (Wildman–Crippen MR) is 105 cm³/mol. The number of ether oxygens (including phenoxy) is 1. The molecule has 0 unspecified atom stereocenters. The molecule has 1 N–H and O–H groups in total. The van der Waals surface area contributed by atoms with Crippen molar-refractivity contribution in [3.05, 3.63) is 96.2 Å². The van der Waals surface area contributed by atoms with Crippen LogP contribution in [0.5, 0.6) is 11.5 Å². The molecule has 0 radical (unpaired) electrons. The number of nitrogens with zero attached hydrogens (tertiary/aromatic N) is 1. The molecule has 4 aromatic rings. The number of hydrogen-bond donors (Lipinski definition) is 1. The standard InChI is InChI=1S/C23H16N2O2/c26-23(25-19-11-5-10-18-15(19)9-6-14-24-18)22-16-7-1-3-12-20(16)27-21-13-4-2-8-17(21)22/h1-14,22H,(H,25,26). The minimum Gasteiger partial charge on any atom is -0.457 e. The van der Waals surface area contributed by atoms with E-state index >= 15 is 0 Å². The van der Waals surface area contributed by atoms with Gasteiger partial charge in [0.05, 0.1) is 17.1 Å². The summed E-state index contributed by atoms with van der Waals surface area (Å²) in [6.07, 6.45) is 1.75. The zero-order valence-electron chi connectivity index (χ0n) is 14.4. The fourth-order valence-electron chi connectivity index (χ4n) is 3.61. The molecule has 1 aliphatic heterocycles. The number of para-hydroxylation sites is 2. The largest absolute Gasteiger partial charge is 0.457 e. The van der Waals surface area contributed by atoms with Crippen molar-refractivity contribution in [3.63, 3.8) is 0 Å². The Labute approximate surface area is 156 Å². The van der Waals surface area contributed by atoms with Gasteiger partial charge in [-0.05, 0) is 36.4 Å². The molecule has 0 spiro atoms. The van der Waals surface area contributed by atoms with Crippen LogP contribution < -0.4 is 10.1 Å². The quantitative estimate of drug-likeness (QED) is 0.545.